The van der Waals surface area contributed by atoms with E-state index in [0.717, 1.165) is 20.9 Å². The fourth-order valence-corrected chi connectivity index (χ4v) is 2.85. The van der Waals surface area contributed by atoms with Crippen molar-refractivity contribution in [3.63, 3.8) is 0 Å². The predicted molar refractivity (Wildman–Crippen MR) is 102 cm³/mol. The molecule has 24 heavy (non-hydrogen) atoms. The number of carbonyl (C=O) groups excluding carboxylic acids is 1. The Morgan fingerprint density at radius 3 is 2.42 bits per heavy atom. The van der Waals surface area contributed by atoms with Crippen molar-refractivity contribution in [1.29, 1.82) is 0 Å². The van der Waals surface area contributed by atoms with Gasteiger partial charge in [-0.1, -0.05) is 51.8 Å². The maximum atomic E-state index is 12.3. The van der Waals surface area contributed by atoms with E-state index in [1.165, 1.54) is 0 Å². The number of anilines is 1. The minimum absolute atomic E-state index is 0.212. The molecule has 0 saturated heterocycles. The van der Waals surface area contributed by atoms with Crippen LogP contribution in [0.2, 0.25) is 5.02 Å². The van der Waals surface area contributed by atoms with Gasteiger partial charge in [-0.3, -0.25) is 4.79 Å². The summed E-state index contributed by atoms with van der Waals surface area (Å²) in [5.41, 5.74) is 0.722. The van der Waals surface area contributed by atoms with Crippen LogP contribution in [0.4, 0.5) is 5.69 Å². The normalized spacial score (nSPS) is 12.0. The summed E-state index contributed by atoms with van der Waals surface area (Å²) in [5.74, 6) is 0.421. The third-order valence-corrected chi connectivity index (χ3v) is 4.47. The molecule has 0 unspecified atom stereocenters. The summed E-state index contributed by atoms with van der Waals surface area (Å²) < 4.78 is 6.82. The molecule has 0 heterocycles. The smallest absolute Gasteiger partial charge is 0.265 e. The molecule has 0 radical (unpaired) electrons. The fourth-order valence-electron chi connectivity index (χ4n) is 2.36. The first kappa shape index (κ1) is 16.8. The second-order valence-corrected chi connectivity index (χ2v) is 6.67. The van der Waals surface area contributed by atoms with E-state index in [1.54, 1.807) is 19.1 Å². The average molecular weight is 405 g/mol. The molecule has 0 bridgehead atoms. The molecule has 0 aliphatic carbocycles. The van der Waals surface area contributed by atoms with E-state index in [1.807, 2.05) is 48.5 Å². The highest BCUT2D eigenvalue weighted by Gasteiger charge is 2.16. The Morgan fingerprint density at radius 2 is 1.71 bits per heavy atom. The summed E-state index contributed by atoms with van der Waals surface area (Å²) in [7, 11) is 0. The first-order valence-corrected chi connectivity index (χ1v) is 8.62. The highest BCUT2D eigenvalue weighted by molar-refractivity contribution is 9.10. The molecule has 0 aliphatic rings. The van der Waals surface area contributed by atoms with Crippen molar-refractivity contribution in [2.45, 2.75) is 13.0 Å². The molecule has 3 aromatic rings. The fraction of sp³-hybridized carbons (Fsp3) is 0.105. The van der Waals surface area contributed by atoms with Crippen LogP contribution in [0.25, 0.3) is 10.8 Å². The van der Waals surface area contributed by atoms with Gasteiger partial charge in [0.1, 0.15) is 5.75 Å². The van der Waals surface area contributed by atoms with Gasteiger partial charge < -0.3 is 10.1 Å². The Morgan fingerprint density at radius 1 is 1.04 bits per heavy atom. The van der Waals surface area contributed by atoms with Gasteiger partial charge in [0.2, 0.25) is 0 Å². The molecule has 1 N–H and O–H groups in total. The van der Waals surface area contributed by atoms with Gasteiger partial charge in [-0.05, 0) is 43.3 Å². The van der Waals surface area contributed by atoms with E-state index in [9.17, 15) is 4.79 Å². The number of hydrogen-bond acceptors (Lipinski definition) is 2. The summed E-state index contributed by atoms with van der Waals surface area (Å²) >= 11 is 9.57. The van der Waals surface area contributed by atoms with Crippen LogP contribution < -0.4 is 10.1 Å². The Bertz CT molecular complexity index is 880. The number of ether oxygens (including phenoxy) is 1. The lowest BCUT2D eigenvalue weighted by molar-refractivity contribution is -0.122. The van der Waals surface area contributed by atoms with Gasteiger partial charge in [0, 0.05) is 26.0 Å². The lowest BCUT2D eigenvalue weighted by atomic mass is 10.1. The summed E-state index contributed by atoms with van der Waals surface area (Å²) in [5, 5.41) is 5.28. The predicted octanol–water partition coefficient (Wildman–Crippen LogP) is 5.66. The third kappa shape index (κ3) is 3.71. The molecule has 3 aromatic carbocycles. The monoisotopic (exact) mass is 403 g/mol. The van der Waals surface area contributed by atoms with E-state index in [4.69, 9.17) is 16.3 Å². The third-order valence-electron chi connectivity index (χ3n) is 3.62. The number of fused-ring (bicyclic) bond motifs is 1. The maximum Gasteiger partial charge on any atom is 0.265 e. The number of rotatable bonds is 4. The van der Waals surface area contributed by atoms with E-state index in [2.05, 4.69) is 21.2 Å². The Labute approximate surface area is 153 Å². The number of benzene rings is 3. The molecule has 0 fully saturated rings. The molecule has 0 spiro atoms. The van der Waals surface area contributed by atoms with Crippen molar-refractivity contribution in [3.8, 4) is 5.75 Å². The van der Waals surface area contributed by atoms with E-state index in [0.29, 0.717) is 10.8 Å². The first-order valence-electron chi connectivity index (χ1n) is 7.45. The topological polar surface area (TPSA) is 38.3 Å². The minimum atomic E-state index is -0.641. The van der Waals surface area contributed by atoms with Crippen molar-refractivity contribution < 1.29 is 9.53 Å². The number of hydrogen-bond donors (Lipinski definition) is 1. The quantitative estimate of drug-likeness (QED) is 0.609. The van der Waals surface area contributed by atoms with Crippen LogP contribution in [0.3, 0.4) is 0 Å². The standard InChI is InChI=1S/C19H15BrClNO2/c1-12(19(23)22-14-8-6-13(20)7-9-14)24-18-11-10-17(21)15-4-2-3-5-16(15)18/h2-12H,1H3,(H,22,23)/t12-/m0/s1. The van der Waals surface area contributed by atoms with Crippen LogP contribution >= 0.6 is 27.5 Å². The zero-order valence-electron chi connectivity index (χ0n) is 12.9. The summed E-state index contributed by atoms with van der Waals surface area (Å²) in [6.45, 7) is 1.72. The highest BCUT2D eigenvalue weighted by Crippen LogP contribution is 2.31. The molecule has 1 atom stereocenters. The molecule has 3 rings (SSSR count). The minimum Gasteiger partial charge on any atom is -0.480 e. The van der Waals surface area contributed by atoms with Gasteiger partial charge in [0.05, 0.1) is 0 Å². The summed E-state index contributed by atoms with van der Waals surface area (Å²) in [6.07, 6.45) is -0.641. The molecule has 0 saturated carbocycles. The largest absolute Gasteiger partial charge is 0.480 e. The molecular formula is C19H15BrClNO2. The number of nitrogens with one attached hydrogen (secondary N) is 1. The lowest BCUT2D eigenvalue weighted by Crippen LogP contribution is -2.30. The molecule has 0 aromatic heterocycles. The van der Waals surface area contributed by atoms with Gasteiger partial charge in [0.15, 0.2) is 6.10 Å². The van der Waals surface area contributed by atoms with E-state index < -0.39 is 6.10 Å². The second-order valence-electron chi connectivity index (χ2n) is 5.35. The lowest BCUT2D eigenvalue weighted by Gasteiger charge is -2.16. The molecule has 0 aliphatic heterocycles. The second kappa shape index (κ2) is 7.24. The van der Waals surface area contributed by atoms with Crippen LogP contribution in [0.15, 0.2) is 65.1 Å². The molecule has 5 heteroatoms. The molecule has 122 valence electrons. The first-order chi connectivity index (χ1) is 11.5. The Hall–Kier alpha value is -2.04. The van der Waals surface area contributed by atoms with Crippen LogP contribution in [-0.4, -0.2) is 12.0 Å². The number of halogens is 2. The van der Waals surface area contributed by atoms with Gasteiger partial charge >= 0.3 is 0 Å². The summed E-state index contributed by atoms with van der Waals surface area (Å²) in [4.78, 5) is 12.3. The number of amides is 1. The van der Waals surface area contributed by atoms with Crippen LogP contribution in [0.5, 0.6) is 5.75 Å². The Kier molecular flexibility index (Phi) is 5.07. The van der Waals surface area contributed by atoms with Crippen LogP contribution in [0.1, 0.15) is 6.92 Å². The van der Waals surface area contributed by atoms with Gasteiger partial charge in [0.25, 0.3) is 5.91 Å². The van der Waals surface area contributed by atoms with Crippen molar-refractivity contribution in [1.82, 2.24) is 0 Å². The van der Waals surface area contributed by atoms with Crippen LogP contribution in [-0.2, 0) is 4.79 Å². The average Bonchev–Trinajstić information content (AvgIpc) is 2.59. The van der Waals surface area contributed by atoms with Crippen molar-refractivity contribution in [2.24, 2.45) is 0 Å². The maximum absolute atomic E-state index is 12.3. The highest BCUT2D eigenvalue weighted by atomic mass is 79.9. The van der Waals surface area contributed by atoms with E-state index >= 15 is 0 Å². The van der Waals surface area contributed by atoms with Crippen molar-refractivity contribution >= 4 is 49.9 Å². The molecule has 3 nitrogen and oxygen atoms in total. The Balaban J connectivity index is 1.77. The zero-order chi connectivity index (χ0) is 17.1. The summed E-state index contributed by atoms with van der Waals surface area (Å²) in [6, 6.07) is 18.6. The number of carbonyl (C=O) groups is 1. The van der Waals surface area contributed by atoms with E-state index in [-0.39, 0.29) is 5.91 Å². The molecular weight excluding hydrogens is 390 g/mol. The van der Waals surface area contributed by atoms with Gasteiger partial charge in [-0.15, -0.1) is 0 Å². The molecule has 1 amide bonds. The van der Waals surface area contributed by atoms with Crippen molar-refractivity contribution in [2.75, 3.05) is 5.32 Å². The van der Waals surface area contributed by atoms with Gasteiger partial charge in [-0.2, -0.15) is 0 Å². The zero-order valence-corrected chi connectivity index (χ0v) is 15.3. The van der Waals surface area contributed by atoms with Crippen LogP contribution in [0, 0.1) is 0 Å². The van der Waals surface area contributed by atoms with Gasteiger partial charge in [-0.25, -0.2) is 0 Å². The SMILES string of the molecule is C[C@H](Oc1ccc(Cl)c2ccccc12)C(=O)Nc1ccc(Br)cc1. The van der Waals surface area contributed by atoms with Crippen molar-refractivity contribution in [3.05, 3.63) is 70.2 Å².